The van der Waals surface area contributed by atoms with Gasteiger partial charge in [0.15, 0.2) is 0 Å². The Bertz CT molecular complexity index is 6290. The molecule has 2 aliphatic heterocycles. The minimum absolute atomic E-state index is 0. The van der Waals surface area contributed by atoms with E-state index < -0.39 is 0 Å². The molecule has 12 heterocycles. The average molecular weight is 1420 g/mol. The van der Waals surface area contributed by atoms with Gasteiger partial charge in [-0.15, -0.1) is 35.0 Å². The number of hydrogen-bond acceptors (Lipinski definition) is 4. The fraction of sp³-hybridized carbons (Fsp3) is 0.0698. The van der Waals surface area contributed by atoms with Crippen LogP contribution in [0.5, 0.6) is 0 Å². The summed E-state index contributed by atoms with van der Waals surface area (Å²) in [5, 5.41) is 14.4. The Balaban J connectivity index is 0.000000131. The summed E-state index contributed by atoms with van der Waals surface area (Å²) in [5.41, 5.74) is 22.2. The molecule has 0 atom stereocenters. The fourth-order valence-corrected chi connectivity index (χ4v) is 16.9. The number of nitrogens with zero attached hydrogens (tertiary/aromatic N) is 10. The summed E-state index contributed by atoms with van der Waals surface area (Å²) in [4.78, 5) is 19.7. The van der Waals surface area contributed by atoms with Crippen molar-refractivity contribution in [2.45, 2.75) is 38.5 Å². The molecular weight excluding hydrogens is 1370 g/mol. The molecule has 460 valence electrons. The molecule has 2 aliphatic rings. The van der Waals surface area contributed by atoms with Crippen LogP contribution in [0, 0.1) is 12.1 Å². The van der Waals surface area contributed by atoms with Crippen molar-refractivity contribution in [2.75, 3.05) is 0 Å². The van der Waals surface area contributed by atoms with Crippen LogP contribution < -0.4 is 0 Å². The third kappa shape index (κ3) is 7.48. The molecule has 0 saturated heterocycles. The predicted octanol–water partition coefficient (Wildman–Crippen LogP) is 20.4. The van der Waals surface area contributed by atoms with Crippen molar-refractivity contribution in [2.24, 2.45) is 0 Å². The molecule has 0 fully saturated rings. The van der Waals surface area contributed by atoms with Crippen LogP contribution in [-0.2, 0) is 31.9 Å². The van der Waals surface area contributed by atoms with Crippen molar-refractivity contribution in [3.63, 3.8) is 0 Å². The number of hydrogen-bond donors (Lipinski definition) is 0. The van der Waals surface area contributed by atoms with Crippen molar-refractivity contribution in [3.8, 4) is 34.4 Å². The molecule has 0 bridgehead atoms. The zero-order valence-corrected chi connectivity index (χ0v) is 55.5. The summed E-state index contributed by atoms with van der Waals surface area (Å²) in [6.07, 6.45) is 7.57. The summed E-state index contributed by atoms with van der Waals surface area (Å²) in [6, 6.07) is 95.2. The van der Waals surface area contributed by atoms with Gasteiger partial charge in [0.2, 0.25) is 0 Å². The average Bonchev–Trinajstić information content (AvgIpc) is 1.58. The standard InChI is InChI=1S/C43H29N5.C43H27N5.Pt/c2*1-43(2)34-14-7-12-32-31-21-18-26(24-39(31)48(40(32)34)42-35(43)15-9-23-45-42)46-36-16-5-3-10-28(36)30-20-19-27(25-38(30)46)47-37-17-6-4-11-29(37)33-13-8-22-44-41(33)47;/h3-25H,1-2H3;3-23H,1-2H3;/q;-2;+2. The number of fused-ring (bicyclic) bond motifs is 22. The summed E-state index contributed by atoms with van der Waals surface area (Å²) in [7, 11) is 0. The maximum atomic E-state index is 4.99. The zero-order valence-electron chi connectivity index (χ0n) is 53.2. The minimum atomic E-state index is -0.170. The Morgan fingerprint density at radius 1 is 0.268 bits per heavy atom. The molecule has 0 radical (unpaired) electrons. The first-order valence-corrected chi connectivity index (χ1v) is 32.9. The number of rotatable bonds is 4. The molecule has 97 heavy (non-hydrogen) atoms. The van der Waals surface area contributed by atoms with Crippen molar-refractivity contribution in [3.05, 3.63) is 302 Å². The molecule has 0 spiro atoms. The van der Waals surface area contributed by atoms with Gasteiger partial charge in [0.05, 0.1) is 33.1 Å². The van der Waals surface area contributed by atoms with Crippen LogP contribution in [0.4, 0.5) is 0 Å². The normalized spacial score (nSPS) is 13.6. The van der Waals surface area contributed by atoms with E-state index in [1.165, 1.54) is 92.8 Å². The Morgan fingerprint density at radius 2 is 0.629 bits per heavy atom. The van der Waals surface area contributed by atoms with Crippen molar-refractivity contribution >= 4 is 131 Å². The molecule has 10 aromatic heterocycles. The molecule has 0 N–H and O–H groups in total. The molecular formula is C86H56N10Pt. The first-order valence-electron chi connectivity index (χ1n) is 32.9. The topological polar surface area (TPSA) is 81.1 Å². The monoisotopic (exact) mass is 1420 g/mol. The summed E-state index contributed by atoms with van der Waals surface area (Å²) in [5.74, 6) is 1.99. The third-order valence-electron chi connectivity index (χ3n) is 21.2. The smallest absolute Gasteiger partial charge is 0.358 e. The summed E-state index contributed by atoms with van der Waals surface area (Å²) in [6.45, 7) is 9.24. The van der Waals surface area contributed by atoms with Crippen molar-refractivity contribution < 1.29 is 21.1 Å². The van der Waals surface area contributed by atoms with Gasteiger partial charge in [-0.2, -0.15) is 12.1 Å². The van der Waals surface area contributed by atoms with E-state index in [9.17, 15) is 0 Å². The second-order valence-electron chi connectivity index (χ2n) is 26.8. The Labute approximate surface area is 570 Å². The largest absolute Gasteiger partial charge is 2.00 e. The van der Waals surface area contributed by atoms with Crippen LogP contribution >= 0.6 is 0 Å². The van der Waals surface area contributed by atoms with Gasteiger partial charge in [-0.1, -0.05) is 184 Å². The first-order chi connectivity index (χ1) is 47.2. The van der Waals surface area contributed by atoms with Gasteiger partial charge < -0.3 is 18.3 Å². The van der Waals surface area contributed by atoms with Gasteiger partial charge in [0.25, 0.3) is 0 Å². The molecule has 0 amide bonds. The van der Waals surface area contributed by atoms with Crippen LogP contribution in [0.2, 0.25) is 0 Å². The molecule has 0 saturated carbocycles. The minimum Gasteiger partial charge on any atom is -0.358 e. The van der Waals surface area contributed by atoms with Gasteiger partial charge in [-0.05, 0) is 107 Å². The summed E-state index contributed by atoms with van der Waals surface area (Å²) < 4.78 is 14.0. The van der Waals surface area contributed by atoms with E-state index in [0.717, 1.165) is 94.9 Å². The van der Waals surface area contributed by atoms with E-state index in [1.54, 1.807) is 0 Å². The van der Waals surface area contributed by atoms with Crippen LogP contribution in [0.1, 0.15) is 49.9 Å². The molecule has 22 rings (SSSR count). The maximum Gasteiger partial charge on any atom is 2.00 e. The SMILES string of the molecule is CC1(C)c2cccnc2-n2c3[c-]c(-n4c5[c-]c(-n6c7ccccc7c7cccnc76)ccc5c5ccccc54)ccc3c3cccc1c32.CC1(C)c2cccnc2-n2c3cc(-n4c5ccccc5c5ccc(-n6c7ccccc7c7cccnc76)cc54)ccc3c3cccc1c32.[Pt+2]. The van der Waals surface area contributed by atoms with Crippen LogP contribution in [0.15, 0.2) is 267 Å². The predicted molar refractivity (Wildman–Crippen MR) is 392 cm³/mol. The first kappa shape index (κ1) is 55.7. The quantitative estimate of drug-likeness (QED) is 0.164. The van der Waals surface area contributed by atoms with Gasteiger partial charge in [-0.3, -0.25) is 9.13 Å². The molecule has 20 aromatic rings. The Kier molecular flexibility index (Phi) is 11.6. The van der Waals surface area contributed by atoms with E-state index in [0.29, 0.717) is 0 Å². The fourth-order valence-electron chi connectivity index (χ4n) is 16.9. The van der Waals surface area contributed by atoms with Crippen LogP contribution in [0.3, 0.4) is 0 Å². The Morgan fingerprint density at radius 3 is 1.23 bits per heavy atom. The van der Waals surface area contributed by atoms with Crippen LogP contribution in [0.25, 0.3) is 165 Å². The number of para-hydroxylation sites is 6. The van der Waals surface area contributed by atoms with Crippen molar-refractivity contribution in [1.29, 1.82) is 0 Å². The van der Waals surface area contributed by atoms with E-state index in [1.807, 2.05) is 43.0 Å². The van der Waals surface area contributed by atoms with Gasteiger partial charge in [0, 0.05) is 112 Å². The number of benzene rings is 10. The number of pyridine rings is 4. The van der Waals surface area contributed by atoms with E-state index in [-0.39, 0.29) is 31.9 Å². The molecule has 10 aromatic carbocycles. The van der Waals surface area contributed by atoms with Crippen LogP contribution in [-0.4, -0.2) is 47.3 Å². The molecule has 11 heteroatoms. The van der Waals surface area contributed by atoms with E-state index in [2.05, 4.69) is 292 Å². The second kappa shape index (κ2) is 20.2. The van der Waals surface area contributed by atoms with Crippen molar-refractivity contribution in [1.82, 2.24) is 47.3 Å². The van der Waals surface area contributed by atoms with Gasteiger partial charge in [-0.25, -0.2) is 19.9 Å². The molecule has 0 aliphatic carbocycles. The second-order valence-corrected chi connectivity index (χ2v) is 26.8. The number of aromatic nitrogens is 10. The third-order valence-corrected chi connectivity index (χ3v) is 21.2. The maximum absolute atomic E-state index is 4.99. The molecule has 10 nitrogen and oxygen atoms in total. The van der Waals surface area contributed by atoms with E-state index >= 15 is 0 Å². The Hall–Kier alpha value is -11.7. The van der Waals surface area contributed by atoms with Gasteiger partial charge in [0.1, 0.15) is 22.9 Å². The van der Waals surface area contributed by atoms with Gasteiger partial charge >= 0.3 is 21.1 Å². The zero-order chi connectivity index (χ0) is 63.4. The summed E-state index contributed by atoms with van der Waals surface area (Å²) >= 11 is 0. The molecule has 0 unspecified atom stereocenters. The van der Waals surface area contributed by atoms with E-state index in [4.69, 9.17) is 19.9 Å².